The van der Waals surface area contributed by atoms with E-state index in [1.54, 1.807) is 13.8 Å². The molecule has 0 aliphatic carbocycles. The number of carbonyl (C=O) groups excluding carboxylic acids is 1. The molecule has 142 valence electrons. The van der Waals surface area contributed by atoms with Crippen LogP contribution in [-0.4, -0.2) is 25.6 Å². The molecule has 0 bridgehead atoms. The van der Waals surface area contributed by atoms with Gasteiger partial charge in [-0.25, -0.2) is 12.8 Å². The summed E-state index contributed by atoms with van der Waals surface area (Å²) < 4.78 is 37.0. The first-order valence-electron chi connectivity index (χ1n) is 7.96. The quantitative estimate of drug-likeness (QED) is 0.755. The van der Waals surface area contributed by atoms with Gasteiger partial charge in [-0.3, -0.25) is 9.59 Å². The van der Waals surface area contributed by atoms with Crippen molar-refractivity contribution in [1.29, 1.82) is 5.26 Å². The summed E-state index contributed by atoms with van der Waals surface area (Å²) in [6.07, 6.45) is 1.17. The number of rotatable bonds is 5. The van der Waals surface area contributed by atoms with Gasteiger partial charge in [0.25, 0.3) is 5.56 Å². The third-order valence-electron chi connectivity index (χ3n) is 4.16. The second-order valence-corrected chi connectivity index (χ2v) is 8.15. The van der Waals surface area contributed by atoms with Gasteiger partial charge in [0.1, 0.15) is 17.4 Å². The first-order valence-corrected chi connectivity index (χ1v) is 9.85. The van der Waals surface area contributed by atoms with Crippen molar-refractivity contribution in [3.63, 3.8) is 0 Å². The molecule has 2 aromatic rings. The fourth-order valence-corrected chi connectivity index (χ4v) is 3.35. The van der Waals surface area contributed by atoms with Gasteiger partial charge in [-0.05, 0) is 49.6 Å². The number of hydrogen-bond acceptors (Lipinski definition) is 5. The third-order valence-corrected chi connectivity index (χ3v) is 5.27. The van der Waals surface area contributed by atoms with Gasteiger partial charge in [0.05, 0.1) is 10.6 Å². The first-order chi connectivity index (χ1) is 12.5. The Hall–Kier alpha value is -2.99. The molecule has 0 radical (unpaired) electrons. The lowest BCUT2D eigenvalue weighted by atomic mass is 9.99. The summed E-state index contributed by atoms with van der Waals surface area (Å²) in [5, 5.41) is 11.4. The molecule has 0 spiro atoms. The van der Waals surface area contributed by atoms with Crippen molar-refractivity contribution < 1.29 is 17.6 Å². The molecule has 0 saturated carbocycles. The summed E-state index contributed by atoms with van der Waals surface area (Å²) in [7, 11) is -3.54. The van der Waals surface area contributed by atoms with Crippen LogP contribution in [0.15, 0.2) is 27.9 Å². The van der Waals surface area contributed by atoms with Crippen LogP contribution in [0.2, 0.25) is 0 Å². The molecule has 0 atom stereocenters. The number of nitrogens with one attached hydrogen (secondary N) is 2. The van der Waals surface area contributed by atoms with Crippen LogP contribution in [0.4, 0.5) is 10.1 Å². The standard InChI is InChI=1S/C18H18FN3O4S/c1-10-13(11(2)21-18(24)14(10)9-20)5-7-17(23)22-16-8-12(27(3,25)26)4-6-15(16)19/h4,6,8H,5,7H2,1-3H3,(H,21,24)(H,22,23). The number of sulfone groups is 1. The van der Waals surface area contributed by atoms with E-state index in [4.69, 9.17) is 5.26 Å². The van der Waals surface area contributed by atoms with Crippen molar-refractivity contribution in [2.24, 2.45) is 0 Å². The normalized spacial score (nSPS) is 11.1. The molecular formula is C18H18FN3O4S. The van der Waals surface area contributed by atoms with E-state index < -0.39 is 27.1 Å². The second-order valence-electron chi connectivity index (χ2n) is 6.13. The highest BCUT2D eigenvalue weighted by Crippen LogP contribution is 2.20. The third kappa shape index (κ3) is 4.60. The lowest BCUT2D eigenvalue weighted by Crippen LogP contribution is -2.19. The maximum Gasteiger partial charge on any atom is 0.266 e. The Labute approximate surface area is 155 Å². The Balaban J connectivity index is 2.19. The van der Waals surface area contributed by atoms with Crippen LogP contribution in [0, 0.1) is 31.0 Å². The van der Waals surface area contributed by atoms with Gasteiger partial charge < -0.3 is 10.3 Å². The number of aryl methyl sites for hydroxylation is 1. The van der Waals surface area contributed by atoms with Gasteiger partial charge in [0, 0.05) is 18.4 Å². The van der Waals surface area contributed by atoms with Gasteiger partial charge in [-0.2, -0.15) is 5.26 Å². The minimum atomic E-state index is -3.54. The number of aromatic nitrogens is 1. The van der Waals surface area contributed by atoms with Crippen LogP contribution in [0.25, 0.3) is 0 Å². The van der Waals surface area contributed by atoms with Crippen LogP contribution in [0.1, 0.15) is 28.8 Å². The molecule has 0 aliphatic heterocycles. The van der Waals surface area contributed by atoms with E-state index in [2.05, 4.69) is 10.3 Å². The average Bonchev–Trinajstić information content (AvgIpc) is 2.55. The summed E-state index contributed by atoms with van der Waals surface area (Å²) >= 11 is 0. The van der Waals surface area contributed by atoms with E-state index in [0.717, 1.165) is 24.5 Å². The number of halogens is 1. The zero-order valence-corrected chi connectivity index (χ0v) is 15.8. The number of H-pyrrole nitrogens is 1. The molecule has 0 saturated heterocycles. The number of benzene rings is 1. The number of anilines is 1. The van der Waals surface area contributed by atoms with Crippen molar-refractivity contribution in [2.75, 3.05) is 11.6 Å². The van der Waals surface area contributed by atoms with Gasteiger partial charge in [-0.15, -0.1) is 0 Å². The van der Waals surface area contributed by atoms with Crippen LogP contribution in [-0.2, 0) is 21.1 Å². The van der Waals surface area contributed by atoms with Crippen LogP contribution in [0.5, 0.6) is 0 Å². The lowest BCUT2D eigenvalue weighted by Gasteiger charge is -2.11. The van der Waals surface area contributed by atoms with Gasteiger partial charge in [0.2, 0.25) is 5.91 Å². The highest BCUT2D eigenvalue weighted by atomic mass is 32.2. The number of amides is 1. The van der Waals surface area contributed by atoms with E-state index in [0.29, 0.717) is 16.8 Å². The number of hydrogen-bond donors (Lipinski definition) is 2. The Morgan fingerprint density at radius 3 is 2.59 bits per heavy atom. The second kappa shape index (κ2) is 7.72. The summed E-state index contributed by atoms with van der Waals surface area (Å²) in [6.45, 7) is 3.29. The molecule has 1 aromatic carbocycles. The molecule has 0 fully saturated rings. The van der Waals surface area contributed by atoms with Crippen molar-refractivity contribution in [3.05, 3.63) is 56.8 Å². The minimum Gasteiger partial charge on any atom is -0.325 e. The summed E-state index contributed by atoms with van der Waals surface area (Å²) in [6, 6.07) is 4.99. The zero-order chi connectivity index (χ0) is 20.4. The fraction of sp³-hybridized carbons (Fsp3) is 0.278. The topological polar surface area (TPSA) is 120 Å². The van der Waals surface area contributed by atoms with Crippen LogP contribution < -0.4 is 10.9 Å². The highest BCUT2D eigenvalue weighted by molar-refractivity contribution is 7.90. The number of pyridine rings is 1. The predicted octanol–water partition coefficient (Wildman–Crippen LogP) is 1.98. The SMILES string of the molecule is Cc1[nH]c(=O)c(C#N)c(C)c1CCC(=O)Nc1cc(S(C)(=O)=O)ccc1F. The molecule has 9 heteroatoms. The minimum absolute atomic E-state index is 0.0112. The van der Waals surface area contributed by atoms with E-state index >= 15 is 0 Å². The Morgan fingerprint density at radius 2 is 2.00 bits per heavy atom. The van der Waals surface area contributed by atoms with Crippen molar-refractivity contribution in [1.82, 2.24) is 4.98 Å². The molecule has 2 N–H and O–H groups in total. The first kappa shape index (κ1) is 20.3. The fourth-order valence-electron chi connectivity index (χ4n) is 2.70. The van der Waals surface area contributed by atoms with Crippen molar-refractivity contribution in [2.45, 2.75) is 31.6 Å². The van der Waals surface area contributed by atoms with Crippen molar-refractivity contribution in [3.8, 4) is 6.07 Å². The maximum absolute atomic E-state index is 13.9. The predicted molar refractivity (Wildman–Crippen MR) is 97.7 cm³/mol. The van der Waals surface area contributed by atoms with Crippen molar-refractivity contribution >= 4 is 21.4 Å². The van der Waals surface area contributed by atoms with Gasteiger partial charge in [0.15, 0.2) is 9.84 Å². The van der Waals surface area contributed by atoms with Gasteiger partial charge in [-0.1, -0.05) is 0 Å². The molecule has 7 nitrogen and oxygen atoms in total. The van der Waals surface area contributed by atoms with E-state index in [-0.39, 0.29) is 29.0 Å². The van der Waals surface area contributed by atoms with E-state index in [1.807, 2.05) is 6.07 Å². The molecule has 27 heavy (non-hydrogen) atoms. The van der Waals surface area contributed by atoms with E-state index in [9.17, 15) is 22.4 Å². The van der Waals surface area contributed by atoms with Crippen LogP contribution in [0.3, 0.4) is 0 Å². The Morgan fingerprint density at radius 1 is 1.33 bits per heavy atom. The van der Waals surface area contributed by atoms with E-state index in [1.165, 1.54) is 0 Å². The van der Waals surface area contributed by atoms with Crippen LogP contribution >= 0.6 is 0 Å². The molecule has 1 aromatic heterocycles. The summed E-state index contributed by atoms with van der Waals surface area (Å²) in [4.78, 5) is 26.4. The Kier molecular flexibility index (Phi) is 5.81. The highest BCUT2D eigenvalue weighted by Gasteiger charge is 2.16. The smallest absolute Gasteiger partial charge is 0.266 e. The Bertz CT molecular complexity index is 1110. The number of aromatic amines is 1. The molecule has 1 amide bonds. The number of nitriles is 1. The molecular weight excluding hydrogens is 373 g/mol. The molecule has 1 heterocycles. The number of nitrogens with zero attached hydrogens (tertiary/aromatic N) is 1. The molecule has 2 rings (SSSR count). The lowest BCUT2D eigenvalue weighted by molar-refractivity contribution is -0.116. The molecule has 0 unspecified atom stereocenters. The number of carbonyl (C=O) groups is 1. The van der Waals surface area contributed by atoms with Gasteiger partial charge >= 0.3 is 0 Å². The monoisotopic (exact) mass is 391 g/mol. The summed E-state index contributed by atoms with van der Waals surface area (Å²) in [5.74, 6) is -1.28. The zero-order valence-electron chi connectivity index (χ0n) is 15.0. The molecule has 0 aliphatic rings. The average molecular weight is 391 g/mol. The maximum atomic E-state index is 13.9. The largest absolute Gasteiger partial charge is 0.325 e. The summed E-state index contributed by atoms with van der Waals surface area (Å²) in [5.41, 5.74) is 0.983.